The smallest absolute Gasteiger partial charge is 0.271 e. The molecule has 2 rings (SSSR count). The predicted octanol–water partition coefficient (Wildman–Crippen LogP) is 3.47. The van der Waals surface area contributed by atoms with E-state index < -0.39 is 10.0 Å². The second-order valence-corrected chi connectivity index (χ2v) is 8.22. The van der Waals surface area contributed by atoms with Gasteiger partial charge in [0.05, 0.1) is 12.3 Å². The maximum absolute atomic E-state index is 12.5. The number of aliphatic hydroxyl groups excluding tert-OH is 1. The summed E-state index contributed by atoms with van der Waals surface area (Å²) in [5.41, 5.74) is 2.35. The molecule has 114 valence electrons. The Labute approximate surface area is 129 Å². The van der Waals surface area contributed by atoms with Gasteiger partial charge in [0.1, 0.15) is 4.21 Å². The summed E-state index contributed by atoms with van der Waals surface area (Å²) in [6.07, 6.45) is 0. The Bertz CT molecular complexity index is 733. The number of aliphatic hydroxyl groups is 1. The maximum atomic E-state index is 12.5. The van der Waals surface area contributed by atoms with Gasteiger partial charge in [0.2, 0.25) is 0 Å². The number of nitrogens with one attached hydrogen (secondary N) is 1. The Balaban J connectivity index is 2.37. The third kappa shape index (κ3) is 3.45. The standard InChI is InChI=1S/C15H19NO3S2/c1-10(2)12-6-4-5-7-13(12)16-21(18,19)15-8-11(3)14(9-17)20-15/h4-8,10,16-17H,9H2,1-3H3. The van der Waals surface area contributed by atoms with E-state index in [2.05, 4.69) is 4.72 Å². The van der Waals surface area contributed by atoms with Crippen LogP contribution in [0.4, 0.5) is 5.69 Å². The zero-order chi connectivity index (χ0) is 15.6. The van der Waals surface area contributed by atoms with Gasteiger partial charge in [-0.2, -0.15) is 0 Å². The molecule has 1 aromatic heterocycles. The van der Waals surface area contributed by atoms with Crippen molar-refractivity contribution < 1.29 is 13.5 Å². The number of hydrogen-bond acceptors (Lipinski definition) is 4. The summed E-state index contributed by atoms with van der Waals surface area (Å²) in [6, 6.07) is 8.98. The van der Waals surface area contributed by atoms with Crippen LogP contribution >= 0.6 is 11.3 Å². The highest BCUT2D eigenvalue weighted by molar-refractivity contribution is 7.94. The number of para-hydroxylation sites is 1. The van der Waals surface area contributed by atoms with Gasteiger partial charge in [-0.3, -0.25) is 4.72 Å². The first-order valence-electron chi connectivity index (χ1n) is 6.67. The molecule has 0 saturated heterocycles. The molecule has 0 aliphatic rings. The van der Waals surface area contributed by atoms with E-state index in [9.17, 15) is 13.5 Å². The van der Waals surface area contributed by atoms with E-state index in [0.29, 0.717) is 10.6 Å². The highest BCUT2D eigenvalue weighted by atomic mass is 32.2. The van der Waals surface area contributed by atoms with Crippen LogP contribution in [0.2, 0.25) is 0 Å². The van der Waals surface area contributed by atoms with Crippen LogP contribution in [0, 0.1) is 6.92 Å². The van der Waals surface area contributed by atoms with Crippen LogP contribution in [0.5, 0.6) is 0 Å². The minimum atomic E-state index is -3.62. The average Bonchev–Trinajstić information content (AvgIpc) is 2.81. The van der Waals surface area contributed by atoms with Gasteiger partial charge in [-0.25, -0.2) is 8.42 Å². The predicted molar refractivity (Wildman–Crippen MR) is 86.3 cm³/mol. The first-order chi connectivity index (χ1) is 9.85. The van der Waals surface area contributed by atoms with E-state index in [-0.39, 0.29) is 16.7 Å². The Morgan fingerprint density at radius 1 is 1.29 bits per heavy atom. The quantitative estimate of drug-likeness (QED) is 0.884. The molecule has 0 saturated carbocycles. The van der Waals surface area contributed by atoms with Crippen LogP contribution in [0.15, 0.2) is 34.5 Å². The number of thiophene rings is 1. The molecular weight excluding hydrogens is 306 g/mol. The molecule has 0 amide bonds. The molecule has 2 N–H and O–H groups in total. The second-order valence-electron chi connectivity index (χ2n) is 5.18. The molecule has 0 unspecified atom stereocenters. The van der Waals surface area contributed by atoms with Crippen LogP contribution in [-0.2, 0) is 16.6 Å². The van der Waals surface area contributed by atoms with Crippen LogP contribution in [0.3, 0.4) is 0 Å². The van der Waals surface area contributed by atoms with E-state index in [4.69, 9.17) is 0 Å². The summed E-state index contributed by atoms with van der Waals surface area (Å²) in [5.74, 6) is 0.224. The number of rotatable bonds is 5. The number of sulfonamides is 1. The van der Waals surface area contributed by atoms with Crippen molar-refractivity contribution in [3.8, 4) is 0 Å². The Hall–Kier alpha value is -1.37. The van der Waals surface area contributed by atoms with Crippen molar-refractivity contribution in [1.82, 2.24) is 0 Å². The van der Waals surface area contributed by atoms with Gasteiger partial charge in [-0.15, -0.1) is 11.3 Å². The van der Waals surface area contributed by atoms with Crippen molar-refractivity contribution in [3.05, 3.63) is 46.3 Å². The van der Waals surface area contributed by atoms with Gasteiger partial charge >= 0.3 is 0 Å². The molecule has 0 radical (unpaired) electrons. The number of benzene rings is 1. The van der Waals surface area contributed by atoms with E-state index in [1.54, 1.807) is 19.1 Å². The molecule has 0 bridgehead atoms. The third-order valence-corrected chi connectivity index (χ3v) is 6.29. The SMILES string of the molecule is Cc1cc(S(=O)(=O)Nc2ccccc2C(C)C)sc1CO. The zero-order valence-corrected chi connectivity index (χ0v) is 13.9. The molecule has 4 nitrogen and oxygen atoms in total. The van der Waals surface area contributed by atoms with Crippen molar-refractivity contribution in [2.24, 2.45) is 0 Å². The van der Waals surface area contributed by atoms with Crippen LogP contribution in [0.25, 0.3) is 0 Å². The Morgan fingerprint density at radius 2 is 1.95 bits per heavy atom. The largest absolute Gasteiger partial charge is 0.391 e. The topological polar surface area (TPSA) is 66.4 Å². The maximum Gasteiger partial charge on any atom is 0.271 e. The number of aryl methyl sites for hydroxylation is 1. The van der Waals surface area contributed by atoms with Gasteiger partial charge < -0.3 is 5.11 Å². The summed E-state index contributed by atoms with van der Waals surface area (Å²) in [7, 11) is -3.62. The van der Waals surface area contributed by atoms with Crippen LogP contribution in [-0.4, -0.2) is 13.5 Å². The molecule has 1 heterocycles. The molecule has 0 spiro atoms. The fourth-order valence-electron chi connectivity index (χ4n) is 2.07. The van der Waals surface area contributed by atoms with Gasteiger partial charge in [-0.05, 0) is 36.1 Å². The molecule has 0 aliphatic heterocycles. The highest BCUT2D eigenvalue weighted by Crippen LogP contribution is 2.30. The molecule has 0 atom stereocenters. The third-order valence-electron chi connectivity index (χ3n) is 3.23. The fourth-order valence-corrected chi connectivity index (χ4v) is 4.60. The van der Waals surface area contributed by atoms with E-state index in [0.717, 1.165) is 22.5 Å². The van der Waals surface area contributed by atoms with E-state index in [1.165, 1.54) is 0 Å². The van der Waals surface area contributed by atoms with E-state index in [1.807, 2.05) is 32.0 Å². The normalized spacial score (nSPS) is 11.9. The minimum absolute atomic E-state index is 0.144. The molecule has 1 aromatic carbocycles. The first-order valence-corrected chi connectivity index (χ1v) is 8.97. The molecule has 0 fully saturated rings. The van der Waals surface area contributed by atoms with Gasteiger partial charge in [0, 0.05) is 4.88 Å². The fraction of sp³-hybridized carbons (Fsp3) is 0.333. The Morgan fingerprint density at radius 3 is 2.52 bits per heavy atom. The van der Waals surface area contributed by atoms with Crippen molar-refractivity contribution in [1.29, 1.82) is 0 Å². The zero-order valence-electron chi connectivity index (χ0n) is 12.3. The lowest BCUT2D eigenvalue weighted by atomic mass is 10.0. The molecular formula is C15H19NO3S2. The van der Waals surface area contributed by atoms with Crippen molar-refractivity contribution >= 4 is 27.0 Å². The van der Waals surface area contributed by atoms with Gasteiger partial charge in [0.25, 0.3) is 10.0 Å². The molecule has 2 aromatic rings. The minimum Gasteiger partial charge on any atom is -0.391 e. The molecule has 0 aliphatic carbocycles. The monoisotopic (exact) mass is 325 g/mol. The number of anilines is 1. The highest BCUT2D eigenvalue weighted by Gasteiger charge is 2.20. The van der Waals surface area contributed by atoms with Crippen LogP contribution < -0.4 is 4.72 Å². The van der Waals surface area contributed by atoms with Crippen molar-refractivity contribution in [2.45, 2.75) is 37.5 Å². The first kappa shape index (κ1) is 16.0. The van der Waals surface area contributed by atoms with E-state index >= 15 is 0 Å². The lowest BCUT2D eigenvalue weighted by molar-refractivity contribution is 0.285. The molecule has 6 heteroatoms. The molecule has 21 heavy (non-hydrogen) atoms. The second kappa shape index (κ2) is 6.17. The summed E-state index contributed by atoms with van der Waals surface area (Å²) in [4.78, 5) is 0.674. The van der Waals surface area contributed by atoms with Crippen LogP contribution in [0.1, 0.15) is 35.8 Å². The lowest BCUT2D eigenvalue weighted by Gasteiger charge is -2.14. The van der Waals surface area contributed by atoms with Gasteiger partial charge in [-0.1, -0.05) is 32.0 Å². The summed E-state index contributed by atoms with van der Waals surface area (Å²) in [6.45, 7) is 5.69. The summed E-state index contributed by atoms with van der Waals surface area (Å²) < 4.78 is 27.8. The van der Waals surface area contributed by atoms with Gasteiger partial charge in [0.15, 0.2) is 0 Å². The van der Waals surface area contributed by atoms with Crippen molar-refractivity contribution in [3.63, 3.8) is 0 Å². The Kier molecular flexibility index (Phi) is 4.70. The summed E-state index contributed by atoms with van der Waals surface area (Å²) in [5, 5.41) is 9.20. The summed E-state index contributed by atoms with van der Waals surface area (Å²) >= 11 is 1.10. The van der Waals surface area contributed by atoms with Crippen molar-refractivity contribution in [2.75, 3.05) is 4.72 Å². The lowest BCUT2D eigenvalue weighted by Crippen LogP contribution is -2.13. The average molecular weight is 325 g/mol. The number of hydrogen-bond donors (Lipinski definition) is 2.